The van der Waals surface area contributed by atoms with Gasteiger partial charge in [-0.2, -0.15) is 0 Å². The Kier molecular flexibility index (Phi) is 4.62. The number of benzene rings is 1. The predicted octanol–water partition coefficient (Wildman–Crippen LogP) is 3.65. The molecule has 1 fully saturated rings. The topological polar surface area (TPSA) is 45.7 Å². The van der Waals surface area contributed by atoms with Crippen LogP contribution in [-0.2, 0) is 4.79 Å². The van der Waals surface area contributed by atoms with E-state index in [-0.39, 0.29) is 11.3 Å². The quantitative estimate of drug-likeness (QED) is 0.812. The molecule has 1 aromatic heterocycles. The smallest absolute Gasteiger partial charge is 0.228 e. The van der Waals surface area contributed by atoms with E-state index in [4.69, 9.17) is 21.3 Å². The minimum Gasteiger partial charge on any atom is -0.493 e. The zero-order valence-corrected chi connectivity index (χ0v) is 16.0. The van der Waals surface area contributed by atoms with Gasteiger partial charge in [0.2, 0.25) is 5.91 Å². The minimum atomic E-state index is -0.331. The molecule has 2 aromatic rings. The number of ether oxygens (including phenoxy) is 1. The van der Waals surface area contributed by atoms with Crippen LogP contribution in [0.4, 0.5) is 5.13 Å². The second-order valence-electron chi connectivity index (χ2n) is 6.95. The standard InChI is InChI=1S/C17H22ClN3O2S/c1-17(2,3)15(22)20-7-9-21(10-8-20)16-19-13-12(24-16)6-5-11(18)14(13)23-4/h5-6H,7-10H2,1-4H3. The van der Waals surface area contributed by atoms with Crippen molar-refractivity contribution in [2.24, 2.45) is 5.41 Å². The fraction of sp³-hybridized carbons (Fsp3) is 0.529. The van der Waals surface area contributed by atoms with Crippen LogP contribution in [0.3, 0.4) is 0 Å². The van der Waals surface area contributed by atoms with Crippen LogP contribution >= 0.6 is 22.9 Å². The number of piperazine rings is 1. The summed E-state index contributed by atoms with van der Waals surface area (Å²) < 4.78 is 6.44. The summed E-state index contributed by atoms with van der Waals surface area (Å²) in [6.45, 7) is 8.92. The molecule has 1 aliphatic rings. The van der Waals surface area contributed by atoms with Gasteiger partial charge in [0, 0.05) is 31.6 Å². The van der Waals surface area contributed by atoms with Gasteiger partial charge >= 0.3 is 0 Å². The van der Waals surface area contributed by atoms with Gasteiger partial charge in [-0.05, 0) is 12.1 Å². The molecule has 0 radical (unpaired) electrons. The fourth-order valence-corrected chi connectivity index (χ4v) is 4.08. The van der Waals surface area contributed by atoms with Gasteiger partial charge in [-0.15, -0.1) is 0 Å². The maximum atomic E-state index is 12.4. The summed E-state index contributed by atoms with van der Waals surface area (Å²) in [6, 6.07) is 3.81. The lowest BCUT2D eigenvalue weighted by Crippen LogP contribution is -2.51. The Bertz CT molecular complexity index is 761. The molecule has 1 aliphatic heterocycles. The molecule has 130 valence electrons. The Morgan fingerprint density at radius 1 is 1.25 bits per heavy atom. The molecule has 24 heavy (non-hydrogen) atoms. The molecule has 3 rings (SSSR count). The normalized spacial score (nSPS) is 15.9. The third kappa shape index (κ3) is 3.17. The number of methoxy groups -OCH3 is 1. The summed E-state index contributed by atoms with van der Waals surface area (Å²) in [6.07, 6.45) is 0. The zero-order chi connectivity index (χ0) is 17.5. The van der Waals surface area contributed by atoms with Gasteiger partial charge in [-0.25, -0.2) is 4.98 Å². The van der Waals surface area contributed by atoms with Crippen molar-refractivity contribution in [2.45, 2.75) is 20.8 Å². The van der Waals surface area contributed by atoms with Crippen LogP contribution in [0, 0.1) is 5.41 Å². The molecule has 1 aromatic carbocycles. The van der Waals surface area contributed by atoms with E-state index in [1.165, 1.54) is 0 Å². The first-order chi connectivity index (χ1) is 11.3. The Labute approximate surface area is 151 Å². The van der Waals surface area contributed by atoms with Gasteiger partial charge in [0.25, 0.3) is 0 Å². The van der Waals surface area contributed by atoms with E-state index in [0.717, 1.165) is 41.5 Å². The molecule has 5 nitrogen and oxygen atoms in total. The van der Waals surface area contributed by atoms with E-state index in [1.54, 1.807) is 18.4 Å². The monoisotopic (exact) mass is 367 g/mol. The highest BCUT2D eigenvalue weighted by atomic mass is 35.5. The van der Waals surface area contributed by atoms with Crippen molar-refractivity contribution >= 4 is 44.2 Å². The number of amides is 1. The number of nitrogens with zero attached hydrogens (tertiary/aromatic N) is 3. The summed E-state index contributed by atoms with van der Waals surface area (Å²) in [5, 5.41) is 1.52. The number of hydrogen-bond donors (Lipinski definition) is 0. The maximum absolute atomic E-state index is 12.4. The van der Waals surface area contributed by atoms with Crippen molar-refractivity contribution in [1.82, 2.24) is 9.88 Å². The van der Waals surface area contributed by atoms with Crippen molar-refractivity contribution in [3.05, 3.63) is 17.2 Å². The summed E-state index contributed by atoms with van der Waals surface area (Å²) >= 11 is 7.81. The third-order valence-electron chi connectivity index (χ3n) is 4.14. The van der Waals surface area contributed by atoms with Gasteiger partial charge in [0.15, 0.2) is 10.9 Å². The van der Waals surface area contributed by atoms with Crippen molar-refractivity contribution in [3.63, 3.8) is 0 Å². The molecule has 0 spiro atoms. The van der Waals surface area contributed by atoms with E-state index < -0.39 is 0 Å². The summed E-state index contributed by atoms with van der Waals surface area (Å²) in [4.78, 5) is 21.3. The number of rotatable bonds is 2. The number of carbonyl (C=O) groups excluding carboxylic acids is 1. The zero-order valence-electron chi connectivity index (χ0n) is 14.4. The second-order valence-corrected chi connectivity index (χ2v) is 8.37. The van der Waals surface area contributed by atoms with E-state index in [2.05, 4.69) is 4.90 Å². The molecule has 0 bridgehead atoms. The highest BCUT2D eigenvalue weighted by Crippen LogP contribution is 2.38. The van der Waals surface area contributed by atoms with Crippen molar-refractivity contribution in [2.75, 3.05) is 38.2 Å². The minimum absolute atomic E-state index is 0.208. The van der Waals surface area contributed by atoms with Crippen LogP contribution in [0.1, 0.15) is 20.8 Å². The lowest BCUT2D eigenvalue weighted by molar-refractivity contribution is -0.139. The molecular weight excluding hydrogens is 346 g/mol. The lowest BCUT2D eigenvalue weighted by Gasteiger charge is -2.37. The van der Waals surface area contributed by atoms with Crippen LogP contribution in [0.5, 0.6) is 5.75 Å². The Hall–Kier alpha value is -1.53. The number of hydrogen-bond acceptors (Lipinski definition) is 5. The van der Waals surface area contributed by atoms with E-state index in [0.29, 0.717) is 10.8 Å². The van der Waals surface area contributed by atoms with Crippen LogP contribution in [0.2, 0.25) is 5.02 Å². The van der Waals surface area contributed by atoms with Crippen molar-refractivity contribution < 1.29 is 9.53 Å². The van der Waals surface area contributed by atoms with Gasteiger partial charge in [-0.1, -0.05) is 43.7 Å². The van der Waals surface area contributed by atoms with E-state index >= 15 is 0 Å². The van der Waals surface area contributed by atoms with Crippen LogP contribution in [0.25, 0.3) is 10.2 Å². The van der Waals surface area contributed by atoms with Crippen molar-refractivity contribution in [3.8, 4) is 5.75 Å². The summed E-state index contributed by atoms with van der Waals surface area (Å²) in [5.74, 6) is 0.832. The largest absolute Gasteiger partial charge is 0.493 e. The number of halogens is 1. The van der Waals surface area contributed by atoms with Gasteiger partial charge in [-0.3, -0.25) is 4.79 Å². The summed E-state index contributed by atoms with van der Waals surface area (Å²) in [5.41, 5.74) is 0.473. The number of fused-ring (bicyclic) bond motifs is 1. The van der Waals surface area contributed by atoms with Gasteiger partial charge < -0.3 is 14.5 Å². The number of carbonyl (C=O) groups is 1. The van der Waals surface area contributed by atoms with Crippen LogP contribution in [-0.4, -0.2) is 49.1 Å². The molecule has 2 heterocycles. The van der Waals surface area contributed by atoms with E-state index in [1.807, 2.05) is 37.8 Å². The molecule has 0 aliphatic carbocycles. The highest BCUT2D eigenvalue weighted by molar-refractivity contribution is 7.22. The average Bonchev–Trinajstić information content (AvgIpc) is 2.97. The molecule has 0 atom stereocenters. The second kappa shape index (κ2) is 6.41. The number of anilines is 1. The number of thiazole rings is 1. The highest BCUT2D eigenvalue weighted by Gasteiger charge is 2.30. The van der Waals surface area contributed by atoms with E-state index in [9.17, 15) is 4.79 Å². The van der Waals surface area contributed by atoms with Gasteiger partial charge in [0.1, 0.15) is 5.52 Å². The molecule has 0 saturated carbocycles. The van der Waals surface area contributed by atoms with Gasteiger partial charge in [0.05, 0.1) is 16.8 Å². The third-order valence-corrected chi connectivity index (χ3v) is 5.52. The Morgan fingerprint density at radius 2 is 1.92 bits per heavy atom. The van der Waals surface area contributed by atoms with Crippen LogP contribution < -0.4 is 9.64 Å². The SMILES string of the molecule is COc1c(Cl)ccc2sc(N3CCN(C(=O)C(C)(C)C)CC3)nc12. The Morgan fingerprint density at radius 3 is 2.50 bits per heavy atom. The summed E-state index contributed by atoms with van der Waals surface area (Å²) in [7, 11) is 1.61. The fourth-order valence-electron chi connectivity index (χ4n) is 2.84. The number of aromatic nitrogens is 1. The first-order valence-corrected chi connectivity index (χ1v) is 9.18. The molecule has 7 heteroatoms. The predicted molar refractivity (Wildman–Crippen MR) is 99.4 cm³/mol. The maximum Gasteiger partial charge on any atom is 0.228 e. The molecule has 0 unspecified atom stereocenters. The molecular formula is C17H22ClN3O2S. The Balaban J connectivity index is 1.78. The van der Waals surface area contributed by atoms with Crippen molar-refractivity contribution in [1.29, 1.82) is 0 Å². The molecule has 0 N–H and O–H groups in total. The molecule has 1 saturated heterocycles. The lowest BCUT2D eigenvalue weighted by atomic mass is 9.94. The van der Waals surface area contributed by atoms with Crippen LogP contribution in [0.15, 0.2) is 12.1 Å². The first-order valence-electron chi connectivity index (χ1n) is 7.98. The first kappa shape index (κ1) is 17.3. The molecule has 1 amide bonds. The average molecular weight is 368 g/mol.